The summed E-state index contributed by atoms with van der Waals surface area (Å²) in [7, 11) is 0. The van der Waals surface area contributed by atoms with Crippen LogP contribution in [-0.2, 0) is 11.4 Å². The lowest BCUT2D eigenvalue weighted by atomic mass is 10.0. The number of carboxylic acid groups (broad SMARTS) is 1. The molecule has 0 bridgehead atoms. The van der Waals surface area contributed by atoms with Gasteiger partial charge in [0.15, 0.2) is 5.76 Å². The van der Waals surface area contributed by atoms with Gasteiger partial charge in [0.2, 0.25) is 5.60 Å². The van der Waals surface area contributed by atoms with E-state index >= 15 is 0 Å². The molecule has 0 saturated carbocycles. The van der Waals surface area contributed by atoms with Gasteiger partial charge in [-0.15, -0.1) is 0 Å². The van der Waals surface area contributed by atoms with Crippen molar-refractivity contribution >= 4 is 5.97 Å². The van der Waals surface area contributed by atoms with Gasteiger partial charge in [0.1, 0.15) is 29.6 Å². The van der Waals surface area contributed by atoms with Crippen LogP contribution in [0.25, 0.3) is 11.3 Å². The molecule has 0 aliphatic carbocycles. The van der Waals surface area contributed by atoms with E-state index in [1.54, 1.807) is 49.4 Å². The molecule has 0 saturated heterocycles. The maximum absolute atomic E-state index is 13.0. The summed E-state index contributed by atoms with van der Waals surface area (Å²) in [5.74, 6) is 0.200. The summed E-state index contributed by atoms with van der Waals surface area (Å²) in [5.41, 5.74) is 0.0593. The van der Waals surface area contributed by atoms with Gasteiger partial charge in [0.25, 0.3) is 0 Å². The van der Waals surface area contributed by atoms with Crippen molar-refractivity contribution in [2.24, 2.45) is 0 Å². The van der Waals surface area contributed by atoms with Crippen molar-refractivity contribution in [3.8, 4) is 22.8 Å². The van der Waals surface area contributed by atoms with E-state index in [0.29, 0.717) is 29.4 Å². The monoisotopic (exact) mass is 385 g/mol. The molecule has 146 valence electrons. The van der Waals surface area contributed by atoms with Gasteiger partial charge in [-0.05, 0) is 61.9 Å². The SMILES string of the molecule is CCC(C)(Oc1ccc(OCc2cc(-c3ccc(F)cc3)no2)cc1)C(=O)O. The Morgan fingerprint density at radius 1 is 1.14 bits per heavy atom. The van der Waals surface area contributed by atoms with Gasteiger partial charge in [-0.2, -0.15) is 0 Å². The second-order valence-electron chi connectivity index (χ2n) is 6.44. The standard InChI is InChI=1S/C21H20FNO5/c1-3-21(2,20(24)25)27-17-10-8-16(9-11-17)26-13-18-12-19(23-28-18)14-4-6-15(22)7-5-14/h4-12H,3,13H2,1-2H3,(H,24,25). The molecule has 6 nitrogen and oxygen atoms in total. The van der Waals surface area contributed by atoms with Crippen LogP contribution in [-0.4, -0.2) is 21.8 Å². The Kier molecular flexibility index (Phi) is 5.63. The van der Waals surface area contributed by atoms with E-state index in [2.05, 4.69) is 5.16 Å². The van der Waals surface area contributed by atoms with Gasteiger partial charge in [0, 0.05) is 11.6 Å². The number of rotatable bonds is 8. The van der Waals surface area contributed by atoms with Crippen LogP contribution in [0.3, 0.4) is 0 Å². The quantitative estimate of drug-likeness (QED) is 0.606. The zero-order chi connectivity index (χ0) is 20.1. The van der Waals surface area contributed by atoms with Crippen LogP contribution in [0.5, 0.6) is 11.5 Å². The highest BCUT2D eigenvalue weighted by Gasteiger charge is 2.33. The number of aliphatic carboxylic acids is 1. The van der Waals surface area contributed by atoms with Crippen molar-refractivity contribution in [3.05, 3.63) is 66.2 Å². The average Bonchev–Trinajstić information content (AvgIpc) is 3.17. The topological polar surface area (TPSA) is 81.8 Å². The molecular weight excluding hydrogens is 365 g/mol. The summed E-state index contributed by atoms with van der Waals surface area (Å²) >= 11 is 0. The normalized spacial score (nSPS) is 13.0. The molecule has 2 aromatic carbocycles. The summed E-state index contributed by atoms with van der Waals surface area (Å²) in [5, 5.41) is 13.2. The van der Waals surface area contributed by atoms with E-state index in [-0.39, 0.29) is 12.4 Å². The molecule has 3 aromatic rings. The highest BCUT2D eigenvalue weighted by atomic mass is 19.1. The number of hydrogen-bond donors (Lipinski definition) is 1. The number of carboxylic acids is 1. The van der Waals surface area contributed by atoms with Crippen molar-refractivity contribution in [2.75, 3.05) is 0 Å². The average molecular weight is 385 g/mol. The molecule has 28 heavy (non-hydrogen) atoms. The second kappa shape index (κ2) is 8.12. The predicted octanol–water partition coefficient (Wildman–Crippen LogP) is 4.69. The Morgan fingerprint density at radius 3 is 2.39 bits per heavy atom. The number of ether oxygens (including phenoxy) is 2. The van der Waals surface area contributed by atoms with Gasteiger partial charge in [-0.25, -0.2) is 9.18 Å². The molecular formula is C21H20FNO5. The fourth-order valence-electron chi connectivity index (χ4n) is 2.42. The van der Waals surface area contributed by atoms with Crippen LogP contribution >= 0.6 is 0 Å². The molecule has 1 aromatic heterocycles. The van der Waals surface area contributed by atoms with Crippen LogP contribution in [0.2, 0.25) is 0 Å². The maximum Gasteiger partial charge on any atom is 0.347 e. The molecule has 0 aliphatic heterocycles. The Labute approximate surface area is 161 Å². The van der Waals surface area contributed by atoms with E-state index < -0.39 is 11.6 Å². The molecule has 0 radical (unpaired) electrons. The summed E-state index contributed by atoms with van der Waals surface area (Å²) < 4.78 is 29.5. The lowest BCUT2D eigenvalue weighted by Crippen LogP contribution is -2.40. The maximum atomic E-state index is 13.0. The van der Waals surface area contributed by atoms with Gasteiger partial charge in [0.05, 0.1) is 0 Å². The Bertz CT molecular complexity index is 936. The number of hydrogen-bond acceptors (Lipinski definition) is 5. The van der Waals surface area contributed by atoms with E-state index in [9.17, 15) is 14.3 Å². The molecule has 0 amide bonds. The summed E-state index contributed by atoms with van der Waals surface area (Å²) in [4.78, 5) is 11.3. The van der Waals surface area contributed by atoms with Crippen LogP contribution in [0, 0.1) is 5.82 Å². The molecule has 1 unspecified atom stereocenters. The highest BCUT2D eigenvalue weighted by Crippen LogP contribution is 2.25. The third-order valence-electron chi connectivity index (χ3n) is 4.37. The summed E-state index contributed by atoms with van der Waals surface area (Å²) in [6.07, 6.45) is 0.336. The number of halogens is 1. The molecule has 1 atom stereocenters. The first-order valence-corrected chi connectivity index (χ1v) is 8.76. The lowest BCUT2D eigenvalue weighted by molar-refractivity contribution is -0.154. The molecule has 1 heterocycles. The molecule has 0 fully saturated rings. The van der Waals surface area contributed by atoms with Crippen molar-refractivity contribution in [1.29, 1.82) is 0 Å². The van der Waals surface area contributed by atoms with Crippen molar-refractivity contribution in [3.63, 3.8) is 0 Å². The zero-order valence-corrected chi connectivity index (χ0v) is 15.5. The van der Waals surface area contributed by atoms with Crippen molar-refractivity contribution in [1.82, 2.24) is 5.16 Å². The van der Waals surface area contributed by atoms with Crippen molar-refractivity contribution < 1.29 is 28.3 Å². The molecule has 0 aliphatic rings. The van der Waals surface area contributed by atoms with Crippen LogP contribution in [0.4, 0.5) is 4.39 Å². The van der Waals surface area contributed by atoms with Crippen LogP contribution in [0.15, 0.2) is 59.1 Å². The van der Waals surface area contributed by atoms with Gasteiger partial charge in [-0.3, -0.25) is 0 Å². The first-order chi connectivity index (χ1) is 13.4. The Balaban J connectivity index is 1.59. The number of nitrogens with zero attached hydrogens (tertiary/aromatic N) is 1. The molecule has 0 spiro atoms. The van der Waals surface area contributed by atoms with E-state index in [4.69, 9.17) is 14.0 Å². The fourth-order valence-corrected chi connectivity index (χ4v) is 2.42. The third-order valence-corrected chi connectivity index (χ3v) is 4.37. The van der Waals surface area contributed by atoms with E-state index in [1.165, 1.54) is 19.1 Å². The van der Waals surface area contributed by atoms with Gasteiger partial charge in [-0.1, -0.05) is 12.1 Å². The third kappa shape index (κ3) is 4.49. The fraction of sp³-hybridized carbons (Fsp3) is 0.238. The van der Waals surface area contributed by atoms with Crippen LogP contribution in [0.1, 0.15) is 26.0 Å². The van der Waals surface area contributed by atoms with E-state index in [0.717, 1.165) is 5.56 Å². The number of carbonyl (C=O) groups is 1. The second-order valence-corrected chi connectivity index (χ2v) is 6.44. The summed E-state index contributed by atoms with van der Waals surface area (Å²) in [6.45, 7) is 3.45. The molecule has 7 heteroatoms. The van der Waals surface area contributed by atoms with E-state index in [1.807, 2.05) is 0 Å². The van der Waals surface area contributed by atoms with Gasteiger partial charge < -0.3 is 19.1 Å². The molecule has 3 rings (SSSR count). The number of aromatic nitrogens is 1. The van der Waals surface area contributed by atoms with Crippen LogP contribution < -0.4 is 9.47 Å². The summed E-state index contributed by atoms with van der Waals surface area (Å²) in [6, 6.07) is 14.4. The molecule has 1 N–H and O–H groups in total. The zero-order valence-electron chi connectivity index (χ0n) is 15.5. The van der Waals surface area contributed by atoms with Gasteiger partial charge >= 0.3 is 5.97 Å². The first kappa shape index (κ1) is 19.4. The first-order valence-electron chi connectivity index (χ1n) is 8.76. The number of benzene rings is 2. The highest BCUT2D eigenvalue weighted by molar-refractivity contribution is 5.77. The smallest absolute Gasteiger partial charge is 0.347 e. The predicted molar refractivity (Wildman–Crippen MR) is 99.6 cm³/mol. The lowest BCUT2D eigenvalue weighted by Gasteiger charge is -2.24. The Morgan fingerprint density at radius 2 is 1.79 bits per heavy atom. The minimum atomic E-state index is -1.28. The van der Waals surface area contributed by atoms with Crippen molar-refractivity contribution in [2.45, 2.75) is 32.5 Å². The minimum absolute atomic E-state index is 0.163. The Hall–Kier alpha value is -3.35. The minimum Gasteiger partial charge on any atom is -0.486 e. The largest absolute Gasteiger partial charge is 0.486 e.